The molecule has 0 aliphatic carbocycles. The summed E-state index contributed by atoms with van der Waals surface area (Å²) >= 11 is 1.44. The van der Waals surface area contributed by atoms with E-state index in [1.54, 1.807) is 18.6 Å². The largest absolute Gasteiger partial charge is 0.383 e. The van der Waals surface area contributed by atoms with Crippen LogP contribution in [0.3, 0.4) is 0 Å². The van der Waals surface area contributed by atoms with Crippen LogP contribution >= 0.6 is 11.3 Å². The van der Waals surface area contributed by atoms with Crippen LogP contribution in [0.5, 0.6) is 0 Å². The predicted octanol–water partition coefficient (Wildman–Crippen LogP) is 1.06. The molecule has 0 unspecified atom stereocenters. The van der Waals surface area contributed by atoms with Crippen molar-refractivity contribution in [1.82, 2.24) is 25.1 Å². The highest BCUT2D eigenvalue weighted by molar-refractivity contribution is 7.21. The van der Waals surface area contributed by atoms with Gasteiger partial charge in [-0.2, -0.15) is 5.10 Å². The highest BCUT2D eigenvalue weighted by Crippen LogP contribution is 2.29. The van der Waals surface area contributed by atoms with Gasteiger partial charge in [0.1, 0.15) is 10.8 Å². The van der Waals surface area contributed by atoms with Crippen molar-refractivity contribution in [2.24, 2.45) is 0 Å². The summed E-state index contributed by atoms with van der Waals surface area (Å²) in [5.41, 5.74) is 7.13. The Morgan fingerprint density at radius 2 is 2.13 bits per heavy atom. The zero-order chi connectivity index (χ0) is 10.3. The molecule has 3 aromatic heterocycles. The number of rotatable bonds is 1. The van der Waals surface area contributed by atoms with Gasteiger partial charge in [-0.25, -0.2) is 15.0 Å². The molecular formula is C8H6N6S. The third-order valence-electron chi connectivity index (χ3n) is 1.95. The van der Waals surface area contributed by atoms with Gasteiger partial charge in [-0.05, 0) is 0 Å². The quantitative estimate of drug-likeness (QED) is 0.637. The van der Waals surface area contributed by atoms with Gasteiger partial charge >= 0.3 is 0 Å². The molecule has 0 aliphatic heterocycles. The van der Waals surface area contributed by atoms with Crippen molar-refractivity contribution < 1.29 is 0 Å². The Bertz CT molecular complexity index is 579. The minimum Gasteiger partial charge on any atom is -0.383 e. The average Bonchev–Trinajstić information content (AvgIpc) is 2.82. The third-order valence-corrected chi connectivity index (χ3v) is 2.93. The first-order valence-electron chi connectivity index (χ1n) is 4.21. The molecule has 6 nitrogen and oxygen atoms in total. The SMILES string of the molecule is Nc1[nH]ncc1-c1nc2nccnc2s1. The molecule has 74 valence electrons. The third kappa shape index (κ3) is 1.24. The lowest BCUT2D eigenvalue weighted by Crippen LogP contribution is -1.86. The van der Waals surface area contributed by atoms with Crippen LogP contribution in [0.1, 0.15) is 0 Å². The molecular weight excluding hydrogens is 212 g/mol. The molecule has 0 spiro atoms. The number of nitrogens with two attached hydrogens (primary N) is 1. The van der Waals surface area contributed by atoms with Crippen molar-refractivity contribution in [1.29, 1.82) is 0 Å². The number of nitrogen functional groups attached to an aromatic ring is 1. The van der Waals surface area contributed by atoms with E-state index in [1.165, 1.54) is 11.3 Å². The Labute approximate surface area is 88.2 Å². The Hall–Kier alpha value is -2.02. The van der Waals surface area contributed by atoms with E-state index in [9.17, 15) is 0 Å². The van der Waals surface area contributed by atoms with Gasteiger partial charge in [-0.3, -0.25) is 5.10 Å². The standard InChI is InChI=1S/C8H6N6S/c9-5-4(3-12-14-5)7-13-6-8(15-7)11-2-1-10-6/h1-3H,(H3,9,12,14). The second-order valence-electron chi connectivity index (χ2n) is 2.90. The highest BCUT2D eigenvalue weighted by Gasteiger charge is 2.11. The molecule has 0 amide bonds. The van der Waals surface area contributed by atoms with Crippen molar-refractivity contribution in [2.45, 2.75) is 0 Å². The molecule has 0 saturated heterocycles. The number of thiazole rings is 1. The van der Waals surface area contributed by atoms with Gasteiger partial charge in [0.15, 0.2) is 10.5 Å². The lowest BCUT2D eigenvalue weighted by atomic mass is 10.3. The minimum absolute atomic E-state index is 0.508. The van der Waals surface area contributed by atoms with Gasteiger partial charge in [-0.1, -0.05) is 11.3 Å². The normalized spacial score (nSPS) is 10.9. The number of anilines is 1. The first-order valence-corrected chi connectivity index (χ1v) is 5.03. The van der Waals surface area contributed by atoms with Gasteiger partial charge in [0.2, 0.25) is 0 Å². The van der Waals surface area contributed by atoms with Crippen molar-refractivity contribution >= 4 is 27.6 Å². The lowest BCUT2D eigenvalue weighted by Gasteiger charge is -1.89. The van der Waals surface area contributed by atoms with Crippen LogP contribution in [0, 0.1) is 0 Å². The molecule has 15 heavy (non-hydrogen) atoms. The second kappa shape index (κ2) is 2.99. The van der Waals surface area contributed by atoms with Gasteiger partial charge in [0.05, 0.1) is 11.8 Å². The predicted molar refractivity (Wildman–Crippen MR) is 57.2 cm³/mol. The van der Waals surface area contributed by atoms with Crippen LogP contribution in [-0.2, 0) is 0 Å². The van der Waals surface area contributed by atoms with Crippen LogP contribution in [0.2, 0.25) is 0 Å². The van der Waals surface area contributed by atoms with Crippen LogP contribution in [0.15, 0.2) is 18.6 Å². The number of H-pyrrole nitrogens is 1. The summed E-state index contributed by atoms with van der Waals surface area (Å²) in [5, 5.41) is 7.29. The maximum atomic E-state index is 5.70. The van der Waals surface area contributed by atoms with Gasteiger partial charge in [-0.15, -0.1) is 0 Å². The molecule has 7 heteroatoms. The number of aromatic amines is 1. The summed E-state index contributed by atoms with van der Waals surface area (Å²) in [5.74, 6) is 0.508. The fourth-order valence-electron chi connectivity index (χ4n) is 1.26. The van der Waals surface area contributed by atoms with Crippen LogP contribution in [0.25, 0.3) is 21.0 Å². The summed E-state index contributed by atoms with van der Waals surface area (Å²) in [6.07, 6.45) is 4.90. The van der Waals surface area contributed by atoms with Gasteiger partial charge in [0, 0.05) is 12.4 Å². The van der Waals surface area contributed by atoms with E-state index in [1.807, 2.05) is 0 Å². The summed E-state index contributed by atoms with van der Waals surface area (Å²) in [7, 11) is 0. The maximum Gasteiger partial charge on any atom is 0.190 e. The van der Waals surface area contributed by atoms with E-state index in [4.69, 9.17) is 5.73 Å². The number of nitrogens with one attached hydrogen (secondary N) is 1. The van der Waals surface area contributed by atoms with E-state index in [0.717, 1.165) is 15.4 Å². The summed E-state index contributed by atoms with van der Waals surface area (Å²) in [4.78, 5) is 13.4. The molecule has 0 aliphatic rings. The number of aromatic nitrogens is 5. The van der Waals surface area contributed by atoms with Crippen molar-refractivity contribution in [3.05, 3.63) is 18.6 Å². The Kier molecular flexibility index (Phi) is 1.65. The van der Waals surface area contributed by atoms with Crippen molar-refractivity contribution in [2.75, 3.05) is 5.73 Å². The average molecular weight is 218 g/mol. The summed E-state index contributed by atoms with van der Waals surface area (Å²) in [6.45, 7) is 0. The molecule has 0 aromatic carbocycles. The van der Waals surface area contributed by atoms with Gasteiger partial charge in [0.25, 0.3) is 0 Å². The van der Waals surface area contributed by atoms with E-state index in [-0.39, 0.29) is 0 Å². The van der Waals surface area contributed by atoms with Crippen LogP contribution in [-0.4, -0.2) is 25.1 Å². The Morgan fingerprint density at radius 3 is 2.87 bits per heavy atom. The number of hydrogen-bond donors (Lipinski definition) is 2. The molecule has 3 heterocycles. The molecule has 3 N–H and O–H groups in total. The number of hydrogen-bond acceptors (Lipinski definition) is 6. The first kappa shape index (κ1) is 8.30. The summed E-state index contributed by atoms with van der Waals surface area (Å²) < 4.78 is 0. The van der Waals surface area contributed by atoms with E-state index < -0.39 is 0 Å². The zero-order valence-corrected chi connectivity index (χ0v) is 8.32. The topological polar surface area (TPSA) is 93.4 Å². The summed E-state index contributed by atoms with van der Waals surface area (Å²) in [6, 6.07) is 0. The first-order chi connectivity index (χ1) is 7.34. The maximum absolute atomic E-state index is 5.70. The molecule has 0 atom stereocenters. The van der Waals surface area contributed by atoms with Crippen molar-refractivity contribution in [3.8, 4) is 10.6 Å². The van der Waals surface area contributed by atoms with E-state index >= 15 is 0 Å². The van der Waals surface area contributed by atoms with Crippen LogP contribution < -0.4 is 5.73 Å². The monoisotopic (exact) mass is 218 g/mol. The Balaban J connectivity index is 2.24. The Morgan fingerprint density at radius 1 is 1.27 bits per heavy atom. The lowest BCUT2D eigenvalue weighted by molar-refractivity contribution is 1.10. The molecule has 3 aromatic rings. The smallest absolute Gasteiger partial charge is 0.190 e. The van der Waals surface area contributed by atoms with Gasteiger partial charge < -0.3 is 5.73 Å². The molecule has 3 rings (SSSR count). The van der Waals surface area contributed by atoms with Crippen molar-refractivity contribution in [3.63, 3.8) is 0 Å². The second-order valence-corrected chi connectivity index (χ2v) is 3.88. The number of nitrogens with zero attached hydrogens (tertiary/aromatic N) is 4. The molecule has 0 fully saturated rings. The number of fused-ring (bicyclic) bond motifs is 1. The zero-order valence-electron chi connectivity index (χ0n) is 7.51. The van der Waals surface area contributed by atoms with E-state index in [2.05, 4.69) is 25.1 Å². The molecule has 0 radical (unpaired) electrons. The van der Waals surface area contributed by atoms with Crippen LogP contribution in [0.4, 0.5) is 5.82 Å². The fourth-order valence-corrected chi connectivity index (χ4v) is 2.15. The van der Waals surface area contributed by atoms with E-state index in [0.29, 0.717) is 11.5 Å². The highest BCUT2D eigenvalue weighted by atomic mass is 32.1. The minimum atomic E-state index is 0.508. The molecule has 0 bridgehead atoms. The molecule has 0 saturated carbocycles. The fraction of sp³-hybridized carbons (Fsp3) is 0.